The highest BCUT2D eigenvalue weighted by atomic mass is 32.2. The fraction of sp³-hybridized carbons (Fsp3) is 0.273. The molecule has 1 amide bonds. The number of ether oxygens (including phenoxy) is 1. The molecule has 1 N–H and O–H groups in total. The van der Waals surface area contributed by atoms with Crippen molar-refractivity contribution in [3.63, 3.8) is 0 Å². The second-order valence-electron chi connectivity index (χ2n) is 6.68. The summed E-state index contributed by atoms with van der Waals surface area (Å²) in [5, 5.41) is 3.72. The summed E-state index contributed by atoms with van der Waals surface area (Å²) in [6, 6.07) is 9.26. The molecule has 3 rings (SSSR count). The van der Waals surface area contributed by atoms with Gasteiger partial charge >= 0.3 is 0 Å². The van der Waals surface area contributed by atoms with Gasteiger partial charge in [0.05, 0.1) is 6.20 Å². The Bertz CT molecular complexity index is 986. The number of anilines is 1. The monoisotopic (exact) mass is 408 g/mol. The van der Waals surface area contributed by atoms with Crippen LogP contribution < -0.4 is 10.1 Å². The predicted octanol–water partition coefficient (Wildman–Crippen LogP) is 4.88. The normalized spacial score (nSPS) is 10.6. The minimum absolute atomic E-state index is 0.0435. The average Bonchev–Trinajstić information content (AvgIpc) is 2.70. The highest BCUT2D eigenvalue weighted by molar-refractivity contribution is 7.98. The number of pyridine rings is 1. The van der Waals surface area contributed by atoms with E-state index >= 15 is 0 Å². The maximum absolute atomic E-state index is 12.4. The van der Waals surface area contributed by atoms with Gasteiger partial charge in [0.1, 0.15) is 11.5 Å². The van der Waals surface area contributed by atoms with E-state index in [2.05, 4.69) is 20.3 Å². The number of rotatable bonds is 7. The molecule has 0 aliphatic heterocycles. The van der Waals surface area contributed by atoms with Crippen LogP contribution in [-0.2, 0) is 11.2 Å². The quantitative estimate of drug-likeness (QED) is 0.443. The number of nitrogens with one attached hydrogen (secondary N) is 1. The van der Waals surface area contributed by atoms with Gasteiger partial charge in [-0.05, 0) is 74.9 Å². The van der Waals surface area contributed by atoms with Gasteiger partial charge in [0.25, 0.3) is 0 Å². The summed E-state index contributed by atoms with van der Waals surface area (Å²) < 4.78 is 5.83. The predicted molar refractivity (Wildman–Crippen MR) is 116 cm³/mol. The van der Waals surface area contributed by atoms with Gasteiger partial charge in [0.2, 0.25) is 5.91 Å². The zero-order chi connectivity index (χ0) is 20.8. The minimum Gasteiger partial charge on any atom is -0.455 e. The van der Waals surface area contributed by atoms with Crippen molar-refractivity contribution in [2.24, 2.45) is 0 Å². The molecule has 0 atom stereocenters. The van der Waals surface area contributed by atoms with Gasteiger partial charge < -0.3 is 10.1 Å². The number of thioether (sulfide) groups is 1. The number of amides is 1. The Morgan fingerprint density at radius 2 is 1.90 bits per heavy atom. The lowest BCUT2D eigenvalue weighted by atomic mass is 10.1. The topological polar surface area (TPSA) is 77.0 Å². The first-order chi connectivity index (χ1) is 14.0. The lowest BCUT2D eigenvalue weighted by Gasteiger charge is -2.12. The first kappa shape index (κ1) is 20.8. The zero-order valence-corrected chi connectivity index (χ0v) is 17.8. The molecule has 0 unspecified atom stereocenters. The minimum atomic E-state index is -0.0435. The van der Waals surface area contributed by atoms with Crippen molar-refractivity contribution >= 4 is 23.4 Å². The van der Waals surface area contributed by atoms with Crippen molar-refractivity contribution in [2.75, 3.05) is 11.6 Å². The molecule has 6 nitrogen and oxygen atoms in total. The maximum atomic E-state index is 12.4. The summed E-state index contributed by atoms with van der Waals surface area (Å²) in [5.74, 6) is 1.36. The van der Waals surface area contributed by atoms with Crippen LogP contribution in [0.2, 0.25) is 0 Å². The molecule has 1 aromatic carbocycles. The number of benzene rings is 1. The van der Waals surface area contributed by atoms with Crippen LogP contribution in [0.5, 0.6) is 11.5 Å². The fourth-order valence-electron chi connectivity index (χ4n) is 3.00. The lowest BCUT2D eigenvalue weighted by molar-refractivity contribution is -0.116. The van der Waals surface area contributed by atoms with Crippen molar-refractivity contribution in [3.8, 4) is 11.5 Å². The van der Waals surface area contributed by atoms with E-state index < -0.39 is 0 Å². The summed E-state index contributed by atoms with van der Waals surface area (Å²) in [5.41, 5.74) is 4.58. The molecule has 0 spiro atoms. The summed E-state index contributed by atoms with van der Waals surface area (Å²) in [6.07, 6.45) is 6.30. The van der Waals surface area contributed by atoms with Crippen LogP contribution in [0.3, 0.4) is 0 Å². The van der Waals surface area contributed by atoms with E-state index in [0.717, 1.165) is 39.1 Å². The summed E-state index contributed by atoms with van der Waals surface area (Å²) in [6.45, 7) is 5.87. The number of nitrogens with zero attached hydrogens (tertiary/aromatic N) is 3. The molecule has 2 aromatic heterocycles. The zero-order valence-electron chi connectivity index (χ0n) is 17.0. The number of hydrogen-bond acceptors (Lipinski definition) is 6. The Morgan fingerprint density at radius 3 is 2.52 bits per heavy atom. The Labute approximate surface area is 175 Å². The molecule has 0 radical (unpaired) electrons. The molecule has 7 heteroatoms. The third kappa shape index (κ3) is 5.54. The van der Waals surface area contributed by atoms with E-state index in [0.29, 0.717) is 18.6 Å². The van der Waals surface area contributed by atoms with Gasteiger partial charge in [0, 0.05) is 29.7 Å². The summed E-state index contributed by atoms with van der Waals surface area (Å²) in [4.78, 5) is 25.4. The molecule has 2 heterocycles. The van der Waals surface area contributed by atoms with Crippen LogP contribution in [0.4, 0.5) is 5.69 Å². The molecule has 29 heavy (non-hydrogen) atoms. The Balaban J connectivity index is 1.60. The first-order valence-electron chi connectivity index (χ1n) is 9.32. The van der Waals surface area contributed by atoms with Crippen LogP contribution in [0.25, 0.3) is 0 Å². The van der Waals surface area contributed by atoms with Crippen LogP contribution >= 0.6 is 11.8 Å². The number of carbonyl (C=O) groups is 1. The molecular weight excluding hydrogens is 384 g/mol. The van der Waals surface area contributed by atoms with Crippen molar-refractivity contribution < 1.29 is 9.53 Å². The van der Waals surface area contributed by atoms with Crippen molar-refractivity contribution in [1.82, 2.24) is 15.0 Å². The van der Waals surface area contributed by atoms with Crippen LogP contribution in [0.15, 0.2) is 47.9 Å². The van der Waals surface area contributed by atoms with Gasteiger partial charge in [-0.3, -0.25) is 9.78 Å². The standard InChI is InChI=1S/C22H24N4O2S/c1-14-12-17(7-9-20(14)28-18-6-5-11-23-13-18)26-21(27)10-8-19-15(2)24-22(29-4)25-16(19)3/h5-7,9,11-13H,8,10H2,1-4H3,(H,26,27). The molecule has 0 saturated carbocycles. The SMILES string of the molecule is CSc1nc(C)c(CCC(=O)Nc2ccc(Oc3cccnc3)c(C)c2)c(C)n1. The molecule has 0 fully saturated rings. The molecule has 150 valence electrons. The van der Waals surface area contributed by atoms with Gasteiger partial charge in [-0.1, -0.05) is 11.8 Å². The highest BCUT2D eigenvalue weighted by Gasteiger charge is 2.11. The van der Waals surface area contributed by atoms with E-state index in [-0.39, 0.29) is 5.91 Å². The van der Waals surface area contributed by atoms with Gasteiger partial charge in [0.15, 0.2) is 5.16 Å². The molecule has 3 aromatic rings. The number of aromatic nitrogens is 3. The van der Waals surface area contributed by atoms with E-state index in [1.807, 2.05) is 57.4 Å². The smallest absolute Gasteiger partial charge is 0.224 e. The number of aryl methyl sites for hydroxylation is 3. The summed E-state index contributed by atoms with van der Waals surface area (Å²) >= 11 is 1.52. The maximum Gasteiger partial charge on any atom is 0.224 e. The van der Waals surface area contributed by atoms with Crippen LogP contribution in [0.1, 0.15) is 28.9 Å². The van der Waals surface area contributed by atoms with Gasteiger partial charge in [-0.25, -0.2) is 9.97 Å². The van der Waals surface area contributed by atoms with Crippen LogP contribution in [-0.4, -0.2) is 27.1 Å². The third-order valence-electron chi connectivity index (χ3n) is 4.51. The Morgan fingerprint density at radius 1 is 1.14 bits per heavy atom. The third-order valence-corrected chi connectivity index (χ3v) is 5.05. The lowest BCUT2D eigenvalue weighted by Crippen LogP contribution is -2.14. The van der Waals surface area contributed by atoms with Gasteiger partial charge in [-0.15, -0.1) is 0 Å². The van der Waals surface area contributed by atoms with Crippen LogP contribution in [0, 0.1) is 20.8 Å². The Hall–Kier alpha value is -2.93. The molecule has 0 saturated heterocycles. The fourth-order valence-corrected chi connectivity index (χ4v) is 3.46. The van der Waals surface area contributed by atoms with E-state index in [1.54, 1.807) is 12.4 Å². The Kier molecular flexibility index (Phi) is 6.82. The van der Waals surface area contributed by atoms with E-state index in [1.165, 1.54) is 11.8 Å². The highest BCUT2D eigenvalue weighted by Crippen LogP contribution is 2.27. The summed E-state index contributed by atoms with van der Waals surface area (Å²) in [7, 11) is 0. The van der Waals surface area contributed by atoms with Crippen molar-refractivity contribution in [3.05, 3.63) is 65.2 Å². The van der Waals surface area contributed by atoms with E-state index in [4.69, 9.17) is 4.74 Å². The molecular formula is C22H24N4O2S. The molecule has 0 bridgehead atoms. The number of hydrogen-bond donors (Lipinski definition) is 1. The van der Waals surface area contributed by atoms with Gasteiger partial charge in [-0.2, -0.15) is 0 Å². The molecule has 0 aliphatic carbocycles. The molecule has 0 aliphatic rings. The van der Waals surface area contributed by atoms with Crippen molar-refractivity contribution in [1.29, 1.82) is 0 Å². The van der Waals surface area contributed by atoms with Crippen molar-refractivity contribution in [2.45, 2.75) is 38.8 Å². The largest absolute Gasteiger partial charge is 0.455 e. The second kappa shape index (κ2) is 9.52. The number of carbonyl (C=O) groups excluding carboxylic acids is 1. The second-order valence-corrected chi connectivity index (χ2v) is 7.45. The average molecular weight is 409 g/mol. The first-order valence-corrected chi connectivity index (χ1v) is 10.5. The van der Waals surface area contributed by atoms with E-state index in [9.17, 15) is 4.79 Å².